The Balaban J connectivity index is 1.50. The van der Waals surface area contributed by atoms with Gasteiger partial charge in [0, 0.05) is 30.6 Å². The van der Waals surface area contributed by atoms with Crippen molar-refractivity contribution in [2.45, 2.75) is 23.8 Å². The second-order valence-corrected chi connectivity index (χ2v) is 6.32. The van der Waals surface area contributed by atoms with Gasteiger partial charge >= 0.3 is 0 Å². The number of rotatable bonds is 3. The first-order chi connectivity index (χ1) is 9.33. The van der Waals surface area contributed by atoms with E-state index in [0.29, 0.717) is 17.7 Å². The van der Waals surface area contributed by atoms with E-state index >= 15 is 0 Å². The number of carbonyl (C=O) groups excluding carboxylic acids is 1. The first-order valence-electron chi connectivity index (χ1n) is 7.02. The topological polar surface area (TPSA) is 23.6 Å². The Morgan fingerprint density at radius 3 is 2.89 bits per heavy atom. The smallest absolute Gasteiger partial charge is 0.233 e. The van der Waals surface area contributed by atoms with Crippen LogP contribution in [0.5, 0.6) is 0 Å². The number of hydrogen-bond acceptors (Lipinski definition) is 3. The van der Waals surface area contributed by atoms with Gasteiger partial charge in [0.15, 0.2) is 0 Å². The van der Waals surface area contributed by atoms with Crippen molar-refractivity contribution in [3.63, 3.8) is 0 Å². The zero-order valence-corrected chi connectivity index (χ0v) is 11.9. The molecule has 4 heteroatoms. The molecule has 0 aromatic heterocycles. The lowest BCUT2D eigenvalue weighted by Crippen LogP contribution is -2.52. The predicted octanol–water partition coefficient (Wildman–Crippen LogP) is 2.09. The zero-order chi connectivity index (χ0) is 13.1. The number of fused-ring (bicyclic) bond motifs is 1. The Labute approximate surface area is 119 Å². The quantitative estimate of drug-likeness (QED) is 0.790. The van der Waals surface area contributed by atoms with Gasteiger partial charge in [0.05, 0.1) is 5.75 Å². The van der Waals surface area contributed by atoms with Crippen molar-refractivity contribution in [3.05, 3.63) is 30.3 Å². The average Bonchev–Trinajstić information content (AvgIpc) is 2.93. The molecule has 0 spiro atoms. The molecule has 2 saturated heterocycles. The molecule has 0 radical (unpaired) electrons. The molecule has 2 heterocycles. The van der Waals surface area contributed by atoms with Crippen LogP contribution in [-0.4, -0.2) is 53.7 Å². The lowest BCUT2D eigenvalue weighted by atomic mass is 10.1. The largest absolute Gasteiger partial charge is 0.339 e. The molecule has 1 aromatic carbocycles. The molecule has 3 nitrogen and oxygen atoms in total. The van der Waals surface area contributed by atoms with Crippen molar-refractivity contribution in [2.24, 2.45) is 0 Å². The van der Waals surface area contributed by atoms with E-state index in [4.69, 9.17) is 0 Å². The van der Waals surface area contributed by atoms with Crippen molar-refractivity contribution in [3.8, 4) is 0 Å². The van der Waals surface area contributed by atoms with Crippen molar-refractivity contribution in [1.82, 2.24) is 9.80 Å². The van der Waals surface area contributed by atoms with Gasteiger partial charge in [0.25, 0.3) is 0 Å². The molecule has 0 bridgehead atoms. The van der Waals surface area contributed by atoms with E-state index in [9.17, 15) is 4.79 Å². The molecular formula is C15H20N2OS. The highest BCUT2D eigenvalue weighted by molar-refractivity contribution is 8.00. The van der Waals surface area contributed by atoms with Gasteiger partial charge in [-0.05, 0) is 31.5 Å². The third-order valence-corrected chi connectivity index (χ3v) is 5.04. The first-order valence-corrected chi connectivity index (χ1v) is 8.01. The summed E-state index contributed by atoms with van der Waals surface area (Å²) in [7, 11) is 0. The Kier molecular flexibility index (Phi) is 4.09. The normalized spacial score (nSPS) is 23.4. The molecule has 0 aliphatic carbocycles. The SMILES string of the molecule is O=C(CSc1ccccc1)N1CCN2CCC[C@H]2C1. The highest BCUT2D eigenvalue weighted by Gasteiger charge is 2.32. The maximum Gasteiger partial charge on any atom is 0.233 e. The standard InChI is InChI=1S/C15H20N2OS/c18-15(12-19-14-6-2-1-3-7-14)17-10-9-16-8-4-5-13(16)11-17/h1-3,6-7,13H,4-5,8-12H2/t13-/m0/s1. The minimum absolute atomic E-state index is 0.292. The molecule has 2 aliphatic rings. The molecule has 3 rings (SSSR count). The van der Waals surface area contributed by atoms with Gasteiger partial charge in [-0.1, -0.05) is 18.2 Å². The fourth-order valence-electron chi connectivity index (χ4n) is 2.97. The fourth-order valence-corrected chi connectivity index (χ4v) is 3.79. The van der Waals surface area contributed by atoms with E-state index < -0.39 is 0 Å². The van der Waals surface area contributed by atoms with E-state index in [0.717, 1.165) is 19.6 Å². The summed E-state index contributed by atoms with van der Waals surface area (Å²) in [5, 5.41) is 0. The maximum absolute atomic E-state index is 12.2. The number of carbonyl (C=O) groups is 1. The van der Waals surface area contributed by atoms with E-state index in [1.807, 2.05) is 18.2 Å². The first kappa shape index (κ1) is 13.0. The lowest BCUT2D eigenvalue weighted by molar-refractivity contribution is -0.130. The monoisotopic (exact) mass is 276 g/mol. The number of piperazine rings is 1. The number of thioether (sulfide) groups is 1. The summed E-state index contributed by atoms with van der Waals surface area (Å²) in [6, 6.07) is 10.8. The highest BCUT2D eigenvalue weighted by Crippen LogP contribution is 2.23. The minimum Gasteiger partial charge on any atom is -0.339 e. The van der Waals surface area contributed by atoms with Crippen molar-refractivity contribution >= 4 is 17.7 Å². The third-order valence-electron chi connectivity index (χ3n) is 4.05. The molecular weight excluding hydrogens is 256 g/mol. The molecule has 1 aromatic rings. The van der Waals surface area contributed by atoms with Crippen LogP contribution < -0.4 is 0 Å². The van der Waals surface area contributed by atoms with E-state index in [-0.39, 0.29) is 0 Å². The molecule has 0 saturated carbocycles. The number of benzene rings is 1. The molecule has 1 atom stereocenters. The summed E-state index contributed by atoms with van der Waals surface area (Å²) < 4.78 is 0. The Morgan fingerprint density at radius 1 is 1.21 bits per heavy atom. The van der Waals surface area contributed by atoms with Crippen LogP contribution in [0.1, 0.15) is 12.8 Å². The van der Waals surface area contributed by atoms with Gasteiger partial charge < -0.3 is 4.90 Å². The molecule has 0 N–H and O–H groups in total. The van der Waals surface area contributed by atoms with Gasteiger partial charge in [-0.25, -0.2) is 0 Å². The third kappa shape index (κ3) is 3.12. The minimum atomic E-state index is 0.292. The van der Waals surface area contributed by atoms with Gasteiger partial charge in [-0.15, -0.1) is 11.8 Å². The zero-order valence-electron chi connectivity index (χ0n) is 11.1. The van der Waals surface area contributed by atoms with Gasteiger partial charge in [0.2, 0.25) is 5.91 Å². The van der Waals surface area contributed by atoms with Crippen molar-refractivity contribution in [1.29, 1.82) is 0 Å². The van der Waals surface area contributed by atoms with Crippen LogP contribution >= 0.6 is 11.8 Å². The summed E-state index contributed by atoms with van der Waals surface area (Å²) in [5.41, 5.74) is 0. The van der Waals surface area contributed by atoms with Gasteiger partial charge in [-0.3, -0.25) is 9.69 Å². The molecule has 102 valence electrons. The van der Waals surface area contributed by atoms with Gasteiger partial charge in [-0.2, -0.15) is 0 Å². The second kappa shape index (κ2) is 5.97. The van der Waals surface area contributed by atoms with Crippen LogP contribution in [0, 0.1) is 0 Å². The summed E-state index contributed by atoms with van der Waals surface area (Å²) in [4.78, 5) is 18.0. The van der Waals surface area contributed by atoms with Crippen LogP contribution in [0.3, 0.4) is 0 Å². The lowest BCUT2D eigenvalue weighted by Gasteiger charge is -2.37. The summed E-state index contributed by atoms with van der Waals surface area (Å²) in [5.74, 6) is 0.858. The van der Waals surface area contributed by atoms with Crippen LogP contribution in [0.2, 0.25) is 0 Å². The summed E-state index contributed by atoms with van der Waals surface area (Å²) in [6.07, 6.45) is 2.56. The number of nitrogens with zero attached hydrogens (tertiary/aromatic N) is 2. The van der Waals surface area contributed by atoms with Crippen LogP contribution in [0.4, 0.5) is 0 Å². The van der Waals surface area contributed by atoms with E-state index in [1.54, 1.807) is 11.8 Å². The molecule has 2 fully saturated rings. The Bertz CT molecular complexity index is 437. The van der Waals surface area contributed by atoms with Gasteiger partial charge in [0.1, 0.15) is 0 Å². The maximum atomic E-state index is 12.2. The highest BCUT2D eigenvalue weighted by atomic mass is 32.2. The molecule has 0 unspecified atom stereocenters. The molecule has 19 heavy (non-hydrogen) atoms. The molecule has 1 amide bonds. The second-order valence-electron chi connectivity index (χ2n) is 5.27. The van der Waals surface area contributed by atoms with E-state index in [1.165, 1.54) is 24.3 Å². The average molecular weight is 276 g/mol. The van der Waals surface area contributed by atoms with E-state index in [2.05, 4.69) is 21.9 Å². The fraction of sp³-hybridized carbons (Fsp3) is 0.533. The van der Waals surface area contributed by atoms with Crippen LogP contribution in [-0.2, 0) is 4.79 Å². The number of amides is 1. The van der Waals surface area contributed by atoms with Crippen molar-refractivity contribution in [2.75, 3.05) is 31.9 Å². The predicted molar refractivity (Wildman–Crippen MR) is 78.3 cm³/mol. The van der Waals surface area contributed by atoms with Crippen molar-refractivity contribution < 1.29 is 4.79 Å². The Hall–Kier alpha value is -1.00. The number of hydrogen-bond donors (Lipinski definition) is 0. The van der Waals surface area contributed by atoms with Crippen LogP contribution in [0.15, 0.2) is 35.2 Å². The molecule has 2 aliphatic heterocycles. The Morgan fingerprint density at radius 2 is 2.05 bits per heavy atom. The summed E-state index contributed by atoms with van der Waals surface area (Å²) >= 11 is 1.64. The van der Waals surface area contributed by atoms with Crippen LogP contribution in [0.25, 0.3) is 0 Å². The summed E-state index contributed by atoms with van der Waals surface area (Å²) in [6.45, 7) is 4.14.